The van der Waals surface area contributed by atoms with Gasteiger partial charge in [0.15, 0.2) is 0 Å². The second kappa shape index (κ2) is 9.86. The largest absolute Gasteiger partial charge is 0.497 e. The van der Waals surface area contributed by atoms with Crippen molar-refractivity contribution in [2.45, 2.75) is 0 Å². The molecule has 2 aromatic carbocycles. The van der Waals surface area contributed by atoms with Crippen LogP contribution in [0.25, 0.3) is 6.08 Å². The molecule has 8 heteroatoms. The molecule has 8 nitrogen and oxygen atoms in total. The van der Waals surface area contributed by atoms with Gasteiger partial charge in [-0.25, -0.2) is 9.59 Å². The van der Waals surface area contributed by atoms with Crippen molar-refractivity contribution >= 4 is 29.4 Å². The molecule has 148 valence electrons. The first-order chi connectivity index (χ1) is 13.4. The molecule has 28 heavy (non-hydrogen) atoms. The highest BCUT2D eigenvalue weighted by Gasteiger charge is 2.12. The highest BCUT2D eigenvalue weighted by molar-refractivity contribution is 5.96. The topological polar surface area (TPSA) is 123 Å². The van der Waals surface area contributed by atoms with Crippen LogP contribution in [0.1, 0.15) is 15.9 Å². The van der Waals surface area contributed by atoms with Crippen molar-refractivity contribution in [3.8, 4) is 11.5 Å². The quantitative estimate of drug-likeness (QED) is 0.307. The molecule has 0 unspecified atom stereocenters. The summed E-state index contributed by atoms with van der Waals surface area (Å²) in [4.78, 5) is 23.8. The first-order valence-corrected chi connectivity index (χ1v) is 8.33. The lowest BCUT2D eigenvalue weighted by Crippen LogP contribution is -2.14. The smallest absolute Gasteiger partial charge is 0.340 e. The van der Waals surface area contributed by atoms with Gasteiger partial charge in [0.25, 0.3) is 0 Å². The van der Waals surface area contributed by atoms with E-state index in [1.165, 1.54) is 25.3 Å². The van der Waals surface area contributed by atoms with E-state index < -0.39 is 11.9 Å². The summed E-state index contributed by atoms with van der Waals surface area (Å²) in [6, 6.07) is 9.72. The van der Waals surface area contributed by atoms with Crippen molar-refractivity contribution < 1.29 is 28.5 Å². The lowest BCUT2D eigenvalue weighted by Gasteiger charge is -2.08. The second-order valence-electron chi connectivity index (χ2n) is 5.59. The molecule has 0 aliphatic heterocycles. The Balaban J connectivity index is 1.82. The fourth-order valence-electron chi connectivity index (χ4n) is 2.27. The number of methoxy groups -OCH3 is 2. The van der Waals surface area contributed by atoms with Crippen molar-refractivity contribution in [2.24, 2.45) is 0 Å². The summed E-state index contributed by atoms with van der Waals surface area (Å²) >= 11 is 0. The molecular weight excluding hydrogens is 364 g/mol. The first-order valence-electron chi connectivity index (χ1n) is 8.33. The minimum absolute atomic E-state index is 0.100. The highest BCUT2D eigenvalue weighted by atomic mass is 16.6. The molecule has 0 aliphatic carbocycles. The van der Waals surface area contributed by atoms with E-state index in [1.807, 2.05) is 0 Å². The Bertz CT molecular complexity index is 879. The molecule has 0 aliphatic rings. The molecule has 0 bridgehead atoms. The molecule has 2 aromatic rings. The van der Waals surface area contributed by atoms with Gasteiger partial charge in [0.05, 0.1) is 19.8 Å². The van der Waals surface area contributed by atoms with E-state index in [9.17, 15) is 9.59 Å². The van der Waals surface area contributed by atoms with Crippen LogP contribution in [0.4, 0.5) is 11.4 Å². The second-order valence-corrected chi connectivity index (χ2v) is 5.59. The molecule has 0 heterocycles. The number of nitrogen functional groups attached to an aromatic ring is 2. The molecule has 0 spiro atoms. The number of benzene rings is 2. The Morgan fingerprint density at radius 2 is 1.71 bits per heavy atom. The van der Waals surface area contributed by atoms with E-state index in [0.29, 0.717) is 22.7 Å². The third-order valence-corrected chi connectivity index (χ3v) is 3.70. The average molecular weight is 386 g/mol. The van der Waals surface area contributed by atoms with E-state index in [0.717, 1.165) is 0 Å². The van der Waals surface area contributed by atoms with Crippen LogP contribution in [0.15, 0.2) is 42.5 Å². The molecule has 4 N–H and O–H groups in total. The van der Waals surface area contributed by atoms with Gasteiger partial charge in [-0.1, -0.05) is 0 Å². The van der Waals surface area contributed by atoms with Gasteiger partial charge in [0.2, 0.25) is 0 Å². The van der Waals surface area contributed by atoms with Crippen LogP contribution >= 0.6 is 0 Å². The number of hydrogen-bond acceptors (Lipinski definition) is 8. The third kappa shape index (κ3) is 5.66. The van der Waals surface area contributed by atoms with Crippen LogP contribution in [-0.2, 0) is 14.3 Å². The number of hydrogen-bond donors (Lipinski definition) is 2. The summed E-state index contributed by atoms with van der Waals surface area (Å²) in [5, 5.41) is 0. The number of nitrogens with two attached hydrogens (primary N) is 2. The summed E-state index contributed by atoms with van der Waals surface area (Å²) in [6.07, 6.45) is 2.81. The summed E-state index contributed by atoms with van der Waals surface area (Å²) < 4.78 is 20.4. The van der Waals surface area contributed by atoms with Crippen LogP contribution in [0.5, 0.6) is 11.5 Å². The zero-order valence-corrected chi connectivity index (χ0v) is 15.6. The van der Waals surface area contributed by atoms with E-state index in [2.05, 4.69) is 0 Å². The number of rotatable bonds is 8. The summed E-state index contributed by atoms with van der Waals surface area (Å²) in [5.74, 6) is -0.0343. The zero-order valence-electron chi connectivity index (χ0n) is 15.6. The molecule has 2 rings (SSSR count). The van der Waals surface area contributed by atoms with Crippen LogP contribution < -0.4 is 20.9 Å². The fraction of sp³-hybridized carbons (Fsp3) is 0.200. The van der Waals surface area contributed by atoms with Crippen LogP contribution in [0.3, 0.4) is 0 Å². The van der Waals surface area contributed by atoms with Crippen LogP contribution in [-0.4, -0.2) is 39.4 Å². The third-order valence-electron chi connectivity index (χ3n) is 3.70. The maximum Gasteiger partial charge on any atom is 0.340 e. The van der Waals surface area contributed by atoms with Gasteiger partial charge in [0, 0.05) is 29.1 Å². The fourth-order valence-corrected chi connectivity index (χ4v) is 2.27. The molecule has 0 aromatic heterocycles. The zero-order chi connectivity index (χ0) is 20.5. The summed E-state index contributed by atoms with van der Waals surface area (Å²) in [6.45, 7) is -0.213. The van der Waals surface area contributed by atoms with Gasteiger partial charge in [-0.3, -0.25) is 0 Å². The lowest BCUT2D eigenvalue weighted by molar-refractivity contribution is -0.138. The van der Waals surface area contributed by atoms with Gasteiger partial charge in [-0.2, -0.15) is 0 Å². The number of carbonyl (C=O) groups is 2. The van der Waals surface area contributed by atoms with Gasteiger partial charge < -0.3 is 30.4 Å². The van der Waals surface area contributed by atoms with Crippen LogP contribution in [0, 0.1) is 0 Å². The average Bonchev–Trinajstić information content (AvgIpc) is 2.71. The molecule has 0 amide bonds. The Kier molecular flexibility index (Phi) is 7.27. The summed E-state index contributed by atoms with van der Waals surface area (Å²) in [7, 11) is 3.07. The number of ether oxygens (including phenoxy) is 4. The molecule has 0 atom stereocenters. The molecular formula is C20H22N2O6. The maximum atomic E-state index is 12.0. The SMILES string of the molecule is COc1ccc(/C=C/C(=O)OCCOC(=O)c2cc(N)ccc2N)c(OC)c1. The molecule has 0 radical (unpaired) electrons. The van der Waals surface area contributed by atoms with Crippen molar-refractivity contribution in [2.75, 3.05) is 38.9 Å². The van der Waals surface area contributed by atoms with Crippen molar-refractivity contribution in [3.63, 3.8) is 0 Å². The predicted octanol–water partition coefficient (Wildman–Crippen LogP) is 2.28. The van der Waals surface area contributed by atoms with E-state index in [4.69, 9.17) is 30.4 Å². The normalized spacial score (nSPS) is 10.5. The predicted molar refractivity (Wildman–Crippen MR) is 105 cm³/mol. The van der Waals surface area contributed by atoms with Crippen LogP contribution in [0.2, 0.25) is 0 Å². The van der Waals surface area contributed by atoms with Crippen molar-refractivity contribution in [3.05, 3.63) is 53.6 Å². The van der Waals surface area contributed by atoms with Gasteiger partial charge in [-0.15, -0.1) is 0 Å². The monoisotopic (exact) mass is 386 g/mol. The first kappa shape index (κ1) is 20.6. The maximum absolute atomic E-state index is 12.0. The van der Waals surface area contributed by atoms with Gasteiger partial charge in [-0.05, 0) is 36.4 Å². The van der Waals surface area contributed by atoms with Gasteiger partial charge >= 0.3 is 11.9 Å². The molecule has 0 fully saturated rings. The Morgan fingerprint density at radius 3 is 2.43 bits per heavy atom. The highest BCUT2D eigenvalue weighted by Crippen LogP contribution is 2.25. The Hall–Kier alpha value is -3.68. The standard InChI is InChI=1S/C20H22N2O6/c1-25-15-6-3-13(18(12-15)26-2)4-8-19(23)27-9-10-28-20(24)16-11-14(21)5-7-17(16)22/h3-8,11-12H,9-10,21-22H2,1-2H3/b8-4+. The minimum Gasteiger partial charge on any atom is -0.497 e. The van der Waals surface area contributed by atoms with Gasteiger partial charge in [0.1, 0.15) is 24.7 Å². The number of carbonyl (C=O) groups excluding carboxylic acids is 2. The van der Waals surface area contributed by atoms with E-state index in [-0.39, 0.29) is 24.5 Å². The lowest BCUT2D eigenvalue weighted by atomic mass is 10.1. The van der Waals surface area contributed by atoms with Crippen molar-refractivity contribution in [1.82, 2.24) is 0 Å². The Morgan fingerprint density at radius 1 is 0.964 bits per heavy atom. The van der Waals surface area contributed by atoms with Crippen molar-refractivity contribution in [1.29, 1.82) is 0 Å². The Labute approximate surface area is 162 Å². The minimum atomic E-state index is -0.639. The summed E-state index contributed by atoms with van der Waals surface area (Å²) in [5.41, 5.74) is 12.8. The number of anilines is 2. The van der Waals surface area contributed by atoms with E-state index >= 15 is 0 Å². The molecule has 0 saturated heterocycles. The number of esters is 2. The van der Waals surface area contributed by atoms with E-state index in [1.54, 1.807) is 37.5 Å². The molecule has 0 saturated carbocycles.